The topological polar surface area (TPSA) is 20.3 Å². The van der Waals surface area contributed by atoms with Gasteiger partial charge in [-0.05, 0) is 19.3 Å². The van der Waals surface area contributed by atoms with E-state index < -0.39 is 0 Å². The molecule has 1 aliphatic heterocycles. The molecule has 0 atom stereocenters. The van der Waals surface area contributed by atoms with E-state index in [1.54, 1.807) is 0 Å². The lowest BCUT2D eigenvalue weighted by atomic mass is 10.0. The van der Waals surface area contributed by atoms with Crippen molar-refractivity contribution in [3.05, 3.63) is 11.6 Å². The summed E-state index contributed by atoms with van der Waals surface area (Å²) >= 11 is 0. The van der Waals surface area contributed by atoms with Crippen LogP contribution in [0.25, 0.3) is 0 Å². The molecule has 0 radical (unpaired) electrons. The van der Waals surface area contributed by atoms with E-state index in [0.29, 0.717) is 0 Å². The maximum Gasteiger partial charge on any atom is 0.209 e. The predicted molar refractivity (Wildman–Crippen MR) is 45.2 cm³/mol. The quantitative estimate of drug-likeness (QED) is 0.435. The SMILES string of the molecule is CCC=C1CCN(C=O)CC1. The number of allylic oxidation sites excluding steroid dienone is 1. The zero-order chi connectivity index (χ0) is 8.10. The average Bonchev–Trinajstić information content (AvgIpc) is 2.07. The Balaban J connectivity index is 2.35. The molecule has 1 rings (SSSR count). The number of piperidine rings is 1. The van der Waals surface area contributed by atoms with Gasteiger partial charge in [-0.3, -0.25) is 4.79 Å². The van der Waals surface area contributed by atoms with E-state index in [-0.39, 0.29) is 0 Å². The lowest BCUT2D eigenvalue weighted by Crippen LogP contribution is -2.29. The third-order valence-electron chi connectivity index (χ3n) is 2.08. The highest BCUT2D eigenvalue weighted by Crippen LogP contribution is 2.14. The number of hydrogen-bond acceptors (Lipinski definition) is 1. The van der Waals surface area contributed by atoms with E-state index in [9.17, 15) is 4.79 Å². The largest absolute Gasteiger partial charge is 0.345 e. The Morgan fingerprint density at radius 2 is 2.09 bits per heavy atom. The lowest BCUT2D eigenvalue weighted by molar-refractivity contribution is -0.118. The van der Waals surface area contributed by atoms with Gasteiger partial charge in [0.2, 0.25) is 6.41 Å². The van der Waals surface area contributed by atoms with Crippen molar-refractivity contribution in [2.24, 2.45) is 0 Å². The van der Waals surface area contributed by atoms with Crippen molar-refractivity contribution in [2.75, 3.05) is 13.1 Å². The van der Waals surface area contributed by atoms with E-state index in [2.05, 4.69) is 13.0 Å². The third kappa shape index (κ3) is 2.37. The molecular formula is C9H15NO. The minimum Gasteiger partial charge on any atom is -0.345 e. The molecule has 0 aromatic heterocycles. The maximum absolute atomic E-state index is 10.3. The molecule has 11 heavy (non-hydrogen) atoms. The van der Waals surface area contributed by atoms with Gasteiger partial charge in [0, 0.05) is 13.1 Å². The van der Waals surface area contributed by atoms with Gasteiger partial charge in [0.1, 0.15) is 0 Å². The zero-order valence-corrected chi connectivity index (χ0v) is 7.05. The molecule has 1 saturated heterocycles. The first-order chi connectivity index (χ1) is 5.36. The van der Waals surface area contributed by atoms with E-state index in [0.717, 1.165) is 38.8 Å². The molecule has 0 N–H and O–H groups in total. The number of rotatable bonds is 2. The summed E-state index contributed by atoms with van der Waals surface area (Å²) in [6.07, 6.45) is 6.50. The first kappa shape index (κ1) is 8.31. The Bertz CT molecular complexity index is 153. The molecule has 62 valence electrons. The second-order valence-corrected chi connectivity index (χ2v) is 2.91. The van der Waals surface area contributed by atoms with Gasteiger partial charge in [0.25, 0.3) is 0 Å². The fraction of sp³-hybridized carbons (Fsp3) is 0.667. The van der Waals surface area contributed by atoms with Crippen molar-refractivity contribution in [3.63, 3.8) is 0 Å². The van der Waals surface area contributed by atoms with Gasteiger partial charge in [-0.15, -0.1) is 0 Å². The van der Waals surface area contributed by atoms with Crippen LogP contribution in [0.4, 0.5) is 0 Å². The summed E-state index contributed by atoms with van der Waals surface area (Å²) < 4.78 is 0. The number of carbonyl (C=O) groups excluding carboxylic acids is 1. The number of nitrogens with zero attached hydrogens (tertiary/aromatic N) is 1. The van der Waals surface area contributed by atoms with Gasteiger partial charge in [0.05, 0.1) is 0 Å². The van der Waals surface area contributed by atoms with Crippen LogP contribution in [0.15, 0.2) is 11.6 Å². The van der Waals surface area contributed by atoms with Crippen LogP contribution in [0.1, 0.15) is 26.2 Å². The normalized spacial score (nSPS) is 18.3. The average molecular weight is 153 g/mol. The van der Waals surface area contributed by atoms with Crippen molar-refractivity contribution >= 4 is 6.41 Å². The van der Waals surface area contributed by atoms with Crippen molar-refractivity contribution in [1.82, 2.24) is 4.90 Å². The monoisotopic (exact) mass is 153 g/mol. The fourth-order valence-corrected chi connectivity index (χ4v) is 1.41. The summed E-state index contributed by atoms with van der Waals surface area (Å²) in [7, 11) is 0. The number of likely N-dealkylation sites (tertiary alicyclic amines) is 1. The number of hydrogen-bond donors (Lipinski definition) is 0. The lowest BCUT2D eigenvalue weighted by Gasteiger charge is -2.24. The summed E-state index contributed by atoms with van der Waals surface area (Å²) in [4.78, 5) is 12.2. The number of amides is 1. The summed E-state index contributed by atoms with van der Waals surface area (Å²) in [5, 5.41) is 0. The molecular weight excluding hydrogens is 138 g/mol. The Labute approximate surface area is 67.9 Å². The van der Waals surface area contributed by atoms with E-state index in [1.165, 1.54) is 5.57 Å². The molecule has 0 aliphatic carbocycles. The van der Waals surface area contributed by atoms with Crippen molar-refractivity contribution in [3.8, 4) is 0 Å². The molecule has 1 fully saturated rings. The number of carbonyl (C=O) groups is 1. The van der Waals surface area contributed by atoms with Crippen LogP contribution in [-0.4, -0.2) is 24.4 Å². The molecule has 0 spiro atoms. The van der Waals surface area contributed by atoms with Crippen LogP contribution in [0.2, 0.25) is 0 Å². The minimum absolute atomic E-state index is 0.912. The van der Waals surface area contributed by atoms with Gasteiger partial charge >= 0.3 is 0 Å². The van der Waals surface area contributed by atoms with E-state index in [1.807, 2.05) is 4.90 Å². The fourth-order valence-electron chi connectivity index (χ4n) is 1.41. The Hall–Kier alpha value is -0.790. The summed E-state index contributed by atoms with van der Waals surface area (Å²) in [5.74, 6) is 0. The van der Waals surface area contributed by atoms with Gasteiger partial charge < -0.3 is 4.90 Å². The Kier molecular flexibility index (Phi) is 3.14. The third-order valence-corrected chi connectivity index (χ3v) is 2.08. The summed E-state index contributed by atoms with van der Waals surface area (Å²) in [6, 6.07) is 0. The van der Waals surface area contributed by atoms with E-state index in [4.69, 9.17) is 0 Å². The standard InChI is InChI=1S/C9H15NO/c1-2-3-9-4-6-10(8-11)7-5-9/h3,8H,2,4-7H2,1H3. The highest BCUT2D eigenvalue weighted by atomic mass is 16.1. The second-order valence-electron chi connectivity index (χ2n) is 2.91. The molecule has 2 nitrogen and oxygen atoms in total. The Morgan fingerprint density at radius 3 is 2.55 bits per heavy atom. The van der Waals surface area contributed by atoms with Crippen LogP contribution >= 0.6 is 0 Å². The highest BCUT2D eigenvalue weighted by Gasteiger charge is 2.10. The van der Waals surface area contributed by atoms with Crippen molar-refractivity contribution in [1.29, 1.82) is 0 Å². The minimum atomic E-state index is 0.912. The zero-order valence-electron chi connectivity index (χ0n) is 7.05. The van der Waals surface area contributed by atoms with Crippen LogP contribution in [0.5, 0.6) is 0 Å². The molecule has 1 aliphatic rings. The molecule has 0 unspecified atom stereocenters. The van der Waals surface area contributed by atoms with Crippen LogP contribution in [0, 0.1) is 0 Å². The maximum atomic E-state index is 10.3. The summed E-state index contributed by atoms with van der Waals surface area (Å²) in [5.41, 5.74) is 1.52. The Morgan fingerprint density at radius 1 is 1.45 bits per heavy atom. The molecule has 0 bridgehead atoms. The molecule has 1 amide bonds. The van der Waals surface area contributed by atoms with E-state index >= 15 is 0 Å². The molecule has 0 saturated carbocycles. The van der Waals surface area contributed by atoms with Crippen LogP contribution < -0.4 is 0 Å². The van der Waals surface area contributed by atoms with Gasteiger partial charge in [-0.25, -0.2) is 0 Å². The molecule has 0 aromatic carbocycles. The van der Waals surface area contributed by atoms with Crippen molar-refractivity contribution in [2.45, 2.75) is 26.2 Å². The first-order valence-electron chi connectivity index (χ1n) is 4.24. The van der Waals surface area contributed by atoms with Gasteiger partial charge in [-0.2, -0.15) is 0 Å². The first-order valence-corrected chi connectivity index (χ1v) is 4.24. The van der Waals surface area contributed by atoms with Gasteiger partial charge in [-0.1, -0.05) is 18.6 Å². The molecule has 1 heterocycles. The molecule has 0 aromatic rings. The predicted octanol–water partition coefficient (Wildman–Crippen LogP) is 1.58. The van der Waals surface area contributed by atoms with Crippen molar-refractivity contribution < 1.29 is 4.79 Å². The van der Waals surface area contributed by atoms with Crippen LogP contribution in [-0.2, 0) is 4.79 Å². The highest BCUT2D eigenvalue weighted by molar-refractivity contribution is 5.47. The molecule has 2 heteroatoms. The summed E-state index contributed by atoms with van der Waals surface area (Å²) in [6.45, 7) is 3.98. The van der Waals surface area contributed by atoms with Gasteiger partial charge in [0.15, 0.2) is 0 Å². The second kappa shape index (κ2) is 4.16. The smallest absolute Gasteiger partial charge is 0.209 e. The van der Waals surface area contributed by atoms with Crippen LogP contribution in [0.3, 0.4) is 0 Å².